The number of carbonyl (C=O) groups is 2. The summed E-state index contributed by atoms with van der Waals surface area (Å²) in [5.74, 6) is 0.109. The highest BCUT2D eigenvalue weighted by atomic mass is 35.5. The standard InChI is InChI=1S/C18H23N3O2.ClH/c22-17(20-13-14-7-10-19-11-8-14)9-12-21-16-4-2-1-3-15(16)5-6-18(21)23;/h1-4,7,19H,5-6,8-13H2,(H,20,22);1H. The zero-order chi connectivity index (χ0) is 16.1. The number of benzene rings is 1. The molecule has 0 atom stereocenters. The van der Waals surface area contributed by atoms with Crippen LogP contribution in [-0.2, 0) is 16.0 Å². The molecule has 0 saturated carbocycles. The molecule has 1 aromatic rings. The summed E-state index contributed by atoms with van der Waals surface area (Å²) in [5.41, 5.74) is 3.42. The topological polar surface area (TPSA) is 61.4 Å². The van der Waals surface area contributed by atoms with Crippen LogP contribution in [0, 0.1) is 0 Å². The molecule has 1 aromatic carbocycles. The van der Waals surface area contributed by atoms with Crippen molar-refractivity contribution in [2.45, 2.75) is 25.7 Å². The molecule has 0 bridgehead atoms. The molecule has 130 valence electrons. The summed E-state index contributed by atoms with van der Waals surface area (Å²) >= 11 is 0. The van der Waals surface area contributed by atoms with Crippen molar-refractivity contribution in [2.24, 2.45) is 0 Å². The van der Waals surface area contributed by atoms with Crippen LogP contribution in [0.15, 0.2) is 35.9 Å². The third-order valence-electron chi connectivity index (χ3n) is 4.42. The maximum Gasteiger partial charge on any atom is 0.227 e. The second-order valence-corrected chi connectivity index (χ2v) is 6.02. The van der Waals surface area contributed by atoms with Gasteiger partial charge >= 0.3 is 0 Å². The summed E-state index contributed by atoms with van der Waals surface area (Å²) in [6.07, 6.45) is 4.77. The van der Waals surface area contributed by atoms with Gasteiger partial charge in [0.1, 0.15) is 0 Å². The van der Waals surface area contributed by atoms with Gasteiger partial charge in [0.2, 0.25) is 11.8 Å². The summed E-state index contributed by atoms with van der Waals surface area (Å²) in [5, 5.41) is 6.21. The Labute approximate surface area is 148 Å². The van der Waals surface area contributed by atoms with E-state index in [0.717, 1.165) is 31.6 Å². The molecule has 0 spiro atoms. The first-order valence-corrected chi connectivity index (χ1v) is 8.27. The molecule has 0 unspecified atom stereocenters. The van der Waals surface area contributed by atoms with Gasteiger partial charge in [-0.2, -0.15) is 0 Å². The van der Waals surface area contributed by atoms with Crippen LogP contribution in [0.4, 0.5) is 5.69 Å². The van der Waals surface area contributed by atoms with Gasteiger partial charge in [-0.25, -0.2) is 0 Å². The van der Waals surface area contributed by atoms with Crippen LogP contribution in [0.25, 0.3) is 0 Å². The van der Waals surface area contributed by atoms with E-state index >= 15 is 0 Å². The van der Waals surface area contributed by atoms with Gasteiger partial charge in [0.05, 0.1) is 0 Å². The molecule has 0 saturated heterocycles. The molecule has 2 N–H and O–H groups in total. The zero-order valence-corrected chi connectivity index (χ0v) is 14.5. The first-order valence-electron chi connectivity index (χ1n) is 8.27. The molecule has 0 fully saturated rings. The fourth-order valence-corrected chi connectivity index (χ4v) is 3.09. The number of halogens is 1. The maximum atomic E-state index is 12.2. The second-order valence-electron chi connectivity index (χ2n) is 6.02. The van der Waals surface area contributed by atoms with Gasteiger partial charge in [-0.3, -0.25) is 9.59 Å². The molecule has 2 amide bonds. The van der Waals surface area contributed by atoms with Crippen LogP contribution < -0.4 is 15.5 Å². The zero-order valence-electron chi connectivity index (χ0n) is 13.7. The predicted molar refractivity (Wildman–Crippen MR) is 97.6 cm³/mol. The number of anilines is 1. The van der Waals surface area contributed by atoms with Gasteiger partial charge in [-0.05, 0) is 31.0 Å². The number of aryl methyl sites for hydroxylation is 1. The number of para-hydroxylation sites is 1. The van der Waals surface area contributed by atoms with Crippen LogP contribution in [-0.4, -0.2) is 38.0 Å². The highest BCUT2D eigenvalue weighted by Gasteiger charge is 2.23. The van der Waals surface area contributed by atoms with Crippen LogP contribution in [0.2, 0.25) is 0 Å². The summed E-state index contributed by atoms with van der Waals surface area (Å²) in [6.45, 7) is 2.92. The molecule has 0 radical (unpaired) electrons. The number of hydrogen-bond acceptors (Lipinski definition) is 3. The summed E-state index contributed by atoms with van der Waals surface area (Å²) in [4.78, 5) is 26.0. The van der Waals surface area contributed by atoms with E-state index in [4.69, 9.17) is 0 Å². The fraction of sp³-hybridized carbons (Fsp3) is 0.444. The highest BCUT2D eigenvalue weighted by Crippen LogP contribution is 2.27. The molecule has 6 heteroatoms. The number of rotatable bonds is 5. The monoisotopic (exact) mass is 349 g/mol. The van der Waals surface area contributed by atoms with Crippen LogP contribution in [0.1, 0.15) is 24.8 Å². The van der Waals surface area contributed by atoms with Crippen LogP contribution >= 0.6 is 12.4 Å². The van der Waals surface area contributed by atoms with Crippen molar-refractivity contribution < 1.29 is 9.59 Å². The van der Waals surface area contributed by atoms with Crippen molar-refractivity contribution in [2.75, 3.05) is 31.1 Å². The summed E-state index contributed by atoms with van der Waals surface area (Å²) in [6, 6.07) is 7.95. The van der Waals surface area contributed by atoms with E-state index in [9.17, 15) is 9.59 Å². The average Bonchev–Trinajstić information content (AvgIpc) is 2.60. The lowest BCUT2D eigenvalue weighted by molar-refractivity contribution is -0.121. The van der Waals surface area contributed by atoms with Crippen LogP contribution in [0.3, 0.4) is 0 Å². The molecule has 3 rings (SSSR count). The van der Waals surface area contributed by atoms with Gasteiger partial charge < -0.3 is 15.5 Å². The minimum atomic E-state index is 0. The maximum absolute atomic E-state index is 12.2. The molecule has 0 aromatic heterocycles. The largest absolute Gasteiger partial charge is 0.352 e. The van der Waals surface area contributed by atoms with E-state index in [1.165, 1.54) is 11.1 Å². The fourth-order valence-electron chi connectivity index (χ4n) is 3.09. The van der Waals surface area contributed by atoms with Gasteiger partial charge in [-0.15, -0.1) is 12.4 Å². The number of hydrogen-bond donors (Lipinski definition) is 2. The van der Waals surface area contributed by atoms with Crippen molar-refractivity contribution >= 4 is 29.9 Å². The predicted octanol–water partition coefficient (Wildman–Crippen LogP) is 1.81. The van der Waals surface area contributed by atoms with E-state index in [-0.39, 0.29) is 24.2 Å². The van der Waals surface area contributed by atoms with E-state index in [2.05, 4.69) is 22.8 Å². The van der Waals surface area contributed by atoms with Gasteiger partial charge in [0.25, 0.3) is 0 Å². The van der Waals surface area contributed by atoms with E-state index in [0.29, 0.717) is 25.9 Å². The molecular weight excluding hydrogens is 326 g/mol. The third kappa shape index (κ3) is 4.58. The normalized spacial score (nSPS) is 16.8. The molecular formula is C18H24ClN3O2. The van der Waals surface area contributed by atoms with E-state index < -0.39 is 0 Å². The van der Waals surface area contributed by atoms with Crippen molar-refractivity contribution in [1.29, 1.82) is 0 Å². The van der Waals surface area contributed by atoms with Gasteiger partial charge in [0, 0.05) is 38.2 Å². The Morgan fingerprint density at radius 1 is 1.21 bits per heavy atom. The quantitative estimate of drug-likeness (QED) is 0.797. The number of fused-ring (bicyclic) bond motifs is 1. The van der Waals surface area contributed by atoms with Gasteiger partial charge in [-0.1, -0.05) is 29.8 Å². The first kappa shape index (κ1) is 18.5. The molecule has 2 aliphatic heterocycles. The van der Waals surface area contributed by atoms with Gasteiger partial charge in [0.15, 0.2) is 0 Å². The molecule has 5 nitrogen and oxygen atoms in total. The second kappa shape index (κ2) is 8.85. The molecule has 2 aliphatic rings. The first-order chi connectivity index (χ1) is 11.2. The smallest absolute Gasteiger partial charge is 0.227 e. The van der Waals surface area contributed by atoms with E-state index in [1.54, 1.807) is 4.90 Å². The van der Waals surface area contributed by atoms with Crippen molar-refractivity contribution in [3.05, 3.63) is 41.5 Å². The highest BCUT2D eigenvalue weighted by molar-refractivity contribution is 5.97. The Bertz CT molecular complexity index is 630. The SMILES string of the molecule is Cl.O=C(CCN1C(=O)CCc2ccccc21)NCC1=CCNCC1. The molecule has 0 aliphatic carbocycles. The molecule has 2 heterocycles. The summed E-state index contributed by atoms with van der Waals surface area (Å²) < 4.78 is 0. The Kier molecular flexibility index (Phi) is 6.82. The minimum Gasteiger partial charge on any atom is -0.352 e. The Hall–Kier alpha value is -1.85. The Morgan fingerprint density at radius 2 is 2.04 bits per heavy atom. The lowest BCUT2D eigenvalue weighted by atomic mass is 10.0. The number of nitrogens with one attached hydrogen (secondary N) is 2. The van der Waals surface area contributed by atoms with Crippen LogP contribution in [0.5, 0.6) is 0 Å². The number of nitrogens with zero attached hydrogens (tertiary/aromatic N) is 1. The van der Waals surface area contributed by atoms with Crippen molar-refractivity contribution in [3.63, 3.8) is 0 Å². The minimum absolute atomic E-state index is 0. The van der Waals surface area contributed by atoms with E-state index in [1.807, 2.05) is 18.2 Å². The third-order valence-corrected chi connectivity index (χ3v) is 4.42. The Balaban J connectivity index is 0.00000208. The number of carbonyl (C=O) groups excluding carboxylic acids is 2. The molecule has 24 heavy (non-hydrogen) atoms. The lowest BCUT2D eigenvalue weighted by Crippen LogP contribution is -2.38. The summed E-state index contributed by atoms with van der Waals surface area (Å²) in [7, 11) is 0. The lowest BCUT2D eigenvalue weighted by Gasteiger charge is -2.29. The van der Waals surface area contributed by atoms with Crippen molar-refractivity contribution in [1.82, 2.24) is 10.6 Å². The average molecular weight is 350 g/mol. The Morgan fingerprint density at radius 3 is 2.83 bits per heavy atom. The number of amides is 2. The van der Waals surface area contributed by atoms with Crippen molar-refractivity contribution in [3.8, 4) is 0 Å².